The zero-order chi connectivity index (χ0) is 13.7. The number of nitrogens with two attached hydrogens (primary N) is 1. The Morgan fingerprint density at radius 2 is 2.15 bits per heavy atom. The predicted octanol–water partition coefficient (Wildman–Crippen LogP) is 2.23. The first kappa shape index (κ1) is 11.7. The Labute approximate surface area is 117 Å². The van der Waals surface area contributed by atoms with Crippen LogP contribution in [0.1, 0.15) is 24.4 Å². The number of aromatic nitrogens is 4. The lowest BCUT2D eigenvalue weighted by Gasteiger charge is -2.07. The number of benzene rings is 1. The Hall–Kier alpha value is -2.14. The van der Waals surface area contributed by atoms with Crippen LogP contribution in [0, 0.1) is 0 Å². The Balaban J connectivity index is 1.99. The largest absolute Gasteiger partial charge is 0.326 e. The van der Waals surface area contributed by atoms with Crippen molar-refractivity contribution < 1.29 is 0 Å². The fourth-order valence-corrected chi connectivity index (χ4v) is 2.75. The Kier molecular flexibility index (Phi) is 2.44. The molecule has 3 aromatic rings. The summed E-state index contributed by atoms with van der Waals surface area (Å²) in [6.45, 7) is 0.549. The van der Waals surface area contributed by atoms with Crippen molar-refractivity contribution in [3.8, 4) is 11.5 Å². The van der Waals surface area contributed by atoms with E-state index in [0.29, 0.717) is 12.6 Å². The number of rotatable bonds is 3. The van der Waals surface area contributed by atoms with Gasteiger partial charge in [-0.15, -0.1) is 0 Å². The molecule has 2 N–H and O–H groups in total. The molecule has 0 spiro atoms. The number of fused-ring (bicyclic) bond motifs is 1. The number of hydrogen-bond acceptors (Lipinski definition) is 3. The van der Waals surface area contributed by atoms with E-state index in [9.17, 15) is 0 Å². The molecule has 1 aliphatic rings. The predicted molar refractivity (Wildman–Crippen MR) is 78.1 cm³/mol. The quantitative estimate of drug-likeness (QED) is 0.791. The molecule has 0 unspecified atom stereocenters. The van der Waals surface area contributed by atoms with Crippen molar-refractivity contribution in [3.05, 3.63) is 36.0 Å². The maximum absolute atomic E-state index is 5.73. The van der Waals surface area contributed by atoms with Crippen molar-refractivity contribution in [1.82, 2.24) is 19.3 Å². The van der Waals surface area contributed by atoms with E-state index in [1.54, 1.807) is 0 Å². The third-order valence-electron chi connectivity index (χ3n) is 3.95. The second-order valence-electron chi connectivity index (χ2n) is 5.40. The first-order chi connectivity index (χ1) is 9.78. The monoisotopic (exact) mass is 267 g/mol. The first-order valence-electron chi connectivity index (χ1n) is 6.97. The SMILES string of the molecule is Cn1nccc1-c1nc2cc(CN)ccc2n1C1CC1. The van der Waals surface area contributed by atoms with E-state index in [1.165, 1.54) is 18.4 Å². The molecule has 0 bridgehead atoms. The van der Waals surface area contributed by atoms with Gasteiger partial charge in [-0.25, -0.2) is 4.98 Å². The summed E-state index contributed by atoms with van der Waals surface area (Å²) in [6.07, 6.45) is 4.28. The Morgan fingerprint density at radius 1 is 1.30 bits per heavy atom. The molecule has 1 saturated carbocycles. The second kappa shape index (κ2) is 4.18. The van der Waals surface area contributed by atoms with Crippen molar-refractivity contribution in [1.29, 1.82) is 0 Å². The van der Waals surface area contributed by atoms with E-state index >= 15 is 0 Å². The molecular formula is C15H17N5. The number of hydrogen-bond donors (Lipinski definition) is 1. The normalized spacial score (nSPS) is 15.1. The maximum Gasteiger partial charge on any atom is 0.159 e. The highest BCUT2D eigenvalue weighted by Gasteiger charge is 2.29. The molecular weight excluding hydrogens is 250 g/mol. The molecule has 2 aromatic heterocycles. The second-order valence-corrected chi connectivity index (χ2v) is 5.40. The number of imidazole rings is 1. The van der Waals surface area contributed by atoms with E-state index in [0.717, 1.165) is 22.6 Å². The molecule has 0 saturated heterocycles. The summed E-state index contributed by atoms with van der Waals surface area (Å²) >= 11 is 0. The van der Waals surface area contributed by atoms with Gasteiger partial charge in [0, 0.05) is 25.8 Å². The molecule has 5 nitrogen and oxygen atoms in total. The molecule has 20 heavy (non-hydrogen) atoms. The van der Waals surface area contributed by atoms with Gasteiger partial charge < -0.3 is 10.3 Å². The van der Waals surface area contributed by atoms with E-state index in [4.69, 9.17) is 10.7 Å². The van der Waals surface area contributed by atoms with Gasteiger partial charge in [0.15, 0.2) is 5.82 Å². The molecule has 0 atom stereocenters. The molecule has 5 heteroatoms. The van der Waals surface area contributed by atoms with Gasteiger partial charge >= 0.3 is 0 Å². The highest BCUT2D eigenvalue weighted by atomic mass is 15.3. The standard InChI is InChI=1S/C15H17N5/c1-19-14(6-7-17-19)15-18-12-8-10(9-16)2-5-13(12)20(15)11-3-4-11/h2,5-8,11H,3-4,9,16H2,1H3. The van der Waals surface area contributed by atoms with Crippen molar-refractivity contribution in [3.63, 3.8) is 0 Å². The van der Waals surface area contributed by atoms with Crippen LogP contribution in [0.15, 0.2) is 30.5 Å². The van der Waals surface area contributed by atoms with Gasteiger partial charge in [0.05, 0.1) is 11.0 Å². The molecule has 4 rings (SSSR count). The van der Waals surface area contributed by atoms with Crippen molar-refractivity contribution >= 4 is 11.0 Å². The van der Waals surface area contributed by atoms with Gasteiger partial charge in [0.2, 0.25) is 0 Å². The summed E-state index contributed by atoms with van der Waals surface area (Å²) in [5.41, 5.74) is 10.1. The number of aryl methyl sites for hydroxylation is 1. The summed E-state index contributed by atoms with van der Waals surface area (Å²) in [4.78, 5) is 4.83. The van der Waals surface area contributed by atoms with Crippen molar-refractivity contribution in [2.45, 2.75) is 25.4 Å². The van der Waals surface area contributed by atoms with E-state index in [1.807, 2.05) is 24.0 Å². The Bertz CT molecular complexity index is 779. The van der Waals surface area contributed by atoms with Gasteiger partial charge in [-0.1, -0.05) is 6.07 Å². The summed E-state index contributed by atoms with van der Waals surface area (Å²) in [7, 11) is 1.96. The maximum atomic E-state index is 5.73. The topological polar surface area (TPSA) is 61.7 Å². The molecule has 0 radical (unpaired) electrons. The minimum Gasteiger partial charge on any atom is -0.326 e. The molecule has 0 aliphatic heterocycles. The minimum absolute atomic E-state index is 0.549. The Morgan fingerprint density at radius 3 is 2.80 bits per heavy atom. The third kappa shape index (κ3) is 1.67. The van der Waals surface area contributed by atoms with Crippen LogP contribution in [-0.2, 0) is 13.6 Å². The zero-order valence-corrected chi connectivity index (χ0v) is 11.5. The van der Waals surface area contributed by atoms with Crippen LogP contribution in [0.2, 0.25) is 0 Å². The van der Waals surface area contributed by atoms with Crippen LogP contribution in [-0.4, -0.2) is 19.3 Å². The number of nitrogens with zero attached hydrogens (tertiary/aromatic N) is 4. The van der Waals surface area contributed by atoms with Gasteiger partial charge in [-0.3, -0.25) is 4.68 Å². The average molecular weight is 267 g/mol. The molecule has 2 heterocycles. The van der Waals surface area contributed by atoms with Crippen LogP contribution in [0.4, 0.5) is 0 Å². The summed E-state index contributed by atoms with van der Waals surface area (Å²) in [5.74, 6) is 1.01. The van der Waals surface area contributed by atoms with Crippen molar-refractivity contribution in [2.24, 2.45) is 12.8 Å². The molecule has 1 aliphatic carbocycles. The van der Waals surface area contributed by atoms with Crippen molar-refractivity contribution in [2.75, 3.05) is 0 Å². The van der Waals surface area contributed by atoms with Crippen LogP contribution in [0.25, 0.3) is 22.6 Å². The highest BCUT2D eigenvalue weighted by molar-refractivity contribution is 5.81. The van der Waals surface area contributed by atoms with Crippen LogP contribution >= 0.6 is 0 Å². The van der Waals surface area contributed by atoms with Gasteiger partial charge in [0.25, 0.3) is 0 Å². The summed E-state index contributed by atoms with van der Waals surface area (Å²) in [5, 5.41) is 4.26. The van der Waals surface area contributed by atoms with Crippen LogP contribution in [0.3, 0.4) is 0 Å². The lowest BCUT2D eigenvalue weighted by atomic mass is 10.2. The fourth-order valence-electron chi connectivity index (χ4n) is 2.75. The molecule has 1 aromatic carbocycles. The lowest BCUT2D eigenvalue weighted by molar-refractivity contribution is 0.735. The van der Waals surface area contributed by atoms with E-state index in [2.05, 4.69) is 27.9 Å². The van der Waals surface area contributed by atoms with Crippen LogP contribution in [0.5, 0.6) is 0 Å². The summed E-state index contributed by atoms with van der Waals surface area (Å²) in [6, 6.07) is 8.92. The first-order valence-corrected chi connectivity index (χ1v) is 6.97. The lowest BCUT2D eigenvalue weighted by Crippen LogP contribution is -2.02. The summed E-state index contributed by atoms with van der Waals surface area (Å²) < 4.78 is 4.23. The van der Waals surface area contributed by atoms with E-state index < -0.39 is 0 Å². The van der Waals surface area contributed by atoms with E-state index in [-0.39, 0.29) is 0 Å². The molecule has 0 amide bonds. The highest BCUT2D eigenvalue weighted by Crippen LogP contribution is 2.41. The fraction of sp³-hybridized carbons (Fsp3) is 0.333. The molecule has 102 valence electrons. The average Bonchev–Trinajstić information content (AvgIpc) is 3.10. The van der Waals surface area contributed by atoms with Gasteiger partial charge in [-0.05, 0) is 36.6 Å². The van der Waals surface area contributed by atoms with Gasteiger partial charge in [0.1, 0.15) is 5.69 Å². The minimum atomic E-state index is 0.549. The molecule has 1 fully saturated rings. The van der Waals surface area contributed by atoms with Gasteiger partial charge in [-0.2, -0.15) is 5.10 Å². The zero-order valence-electron chi connectivity index (χ0n) is 11.5. The third-order valence-corrected chi connectivity index (χ3v) is 3.95. The smallest absolute Gasteiger partial charge is 0.159 e. The van der Waals surface area contributed by atoms with Crippen LogP contribution < -0.4 is 5.73 Å².